The molecule has 1 aliphatic heterocycles. The summed E-state index contributed by atoms with van der Waals surface area (Å²) in [6, 6.07) is 4.10. The van der Waals surface area contributed by atoms with Crippen molar-refractivity contribution in [2.24, 2.45) is 7.05 Å². The van der Waals surface area contributed by atoms with E-state index in [1.165, 1.54) is 11.3 Å². The molecule has 32 heavy (non-hydrogen) atoms. The van der Waals surface area contributed by atoms with Crippen molar-refractivity contribution in [1.82, 2.24) is 30.0 Å². The second-order valence-corrected chi connectivity index (χ2v) is 9.77. The normalized spacial score (nSPS) is 17.2. The maximum absolute atomic E-state index is 4.91. The van der Waals surface area contributed by atoms with Crippen molar-refractivity contribution >= 4 is 17.5 Å². The lowest BCUT2D eigenvalue weighted by atomic mass is 9.73. The highest BCUT2D eigenvalue weighted by molar-refractivity contribution is 5.70. The van der Waals surface area contributed by atoms with Crippen LogP contribution >= 0.6 is 0 Å². The Bertz CT molecular complexity index is 1120. The van der Waals surface area contributed by atoms with E-state index in [9.17, 15) is 0 Å². The first-order valence-electron chi connectivity index (χ1n) is 11.5. The summed E-state index contributed by atoms with van der Waals surface area (Å²) in [6.45, 7) is 13.0. The average molecular weight is 433 g/mol. The largest absolute Gasteiger partial charge is 0.368 e. The molecule has 1 saturated heterocycles. The molecule has 3 aromatic rings. The molecule has 0 radical (unpaired) electrons. The van der Waals surface area contributed by atoms with Gasteiger partial charge in [0.1, 0.15) is 17.2 Å². The molecular formula is C24H32N8. The summed E-state index contributed by atoms with van der Waals surface area (Å²) in [7, 11) is 2.03. The van der Waals surface area contributed by atoms with Gasteiger partial charge in [0, 0.05) is 56.2 Å². The molecule has 8 nitrogen and oxygen atoms in total. The van der Waals surface area contributed by atoms with Crippen LogP contribution in [0.5, 0.6) is 0 Å². The predicted octanol–water partition coefficient (Wildman–Crippen LogP) is 3.38. The van der Waals surface area contributed by atoms with E-state index in [-0.39, 0.29) is 5.41 Å². The molecule has 2 N–H and O–H groups in total. The zero-order valence-corrected chi connectivity index (χ0v) is 19.6. The van der Waals surface area contributed by atoms with E-state index in [0.717, 1.165) is 61.1 Å². The van der Waals surface area contributed by atoms with Gasteiger partial charge in [0.15, 0.2) is 0 Å². The van der Waals surface area contributed by atoms with Gasteiger partial charge in [-0.3, -0.25) is 4.68 Å². The average Bonchev–Trinajstić information content (AvgIpc) is 3.10. The molecule has 3 aromatic heterocycles. The number of nitrogens with one attached hydrogen (secondary N) is 2. The van der Waals surface area contributed by atoms with Crippen molar-refractivity contribution < 1.29 is 0 Å². The van der Waals surface area contributed by atoms with E-state index in [0.29, 0.717) is 11.9 Å². The number of rotatable bonds is 4. The van der Waals surface area contributed by atoms with E-state index in [1.54, 1.807) is 0 Å². The number of fused-ring (bicyclic) bond motifs is 3. The summed E-state index contributed by atoms with van der Waals surface area (Å²) in [5.74, 6) is 1.70. The summed E-state index contributed by atoms with van der Waals surface area (Å²) in [5, 5.41) is 11.5. The van der Waals surface area contributed by atoms with Crippen LogP contribution in [0.1, 0.15) is 50.4 Å². The molecule has 0 saturated carbocycles. The Balaban J connectivity index is 1.45. The minimum absolute atomic E-state index is 0.0449. The standard InChI is InChI=1S/C24H32N8/c1-15(2)22-17-12-24(3,4)18-14-27-23(29-21(18)20(17)30-31(22)5)28-19-7-6-16(13-26-19)32-10-8-25-9-11-32/h6-7,13-15,25H,8-12H2,1-5H3,(H,26,27,28,29). The fraction of sp³-hybridized carbons (Fsp3) is 0.500. The Kier molecular flexibility index (Phi) is 5.12. The third kappa shape index (κ3) is 3.62. The summed E-state index contributed by atoms with van der Waals surface area (Å²) >= 11 is 0. The van der Waals surface area contributed by atoms with Crippen molar-refractivity contribution in [3.63, 3.8) is 0 Å². The minimum atomic E-state index is -0.0449. The molecule has 5 rings (SSSR count). The lowest BCUT2D eigenvalue weighted by Gasteiger charge is -2.31. The summed E-state index contributed by atoms with van der Waals surface area (Å²) in [5.41, 5.74) is 6.75. The van der Waals surface area contributed by atoms with Gasteiger partial charge in [0.05, 0.1) is 11.9 Å². The quantitative estimate of drug-likeness (QED) is 0.654. The fourth-order valence-electron chi connectivity index (χ4n) is 5.01. The second kappa shape index (κ2) is 7.85. The minimum Gasteiger partial charge on any atom is -0.368 e. The maximum atomic E-state index is 4.91. The molecule has 0 unspecified atom stereocenters. The maximum Gasteiger partial charge on any atom is 0.228 e. The lowest BCUT2D eigenvalue weighted by Crippen LogP contribution is -2.43. The molecule has 2 aliphatic rings. The van der Waals surface area contributed by atoms with E-state index < -0.39 is 0 Å². The third-order valence-corrected chi connectivity index (χ3v) is 6.57. The number of pyridine rings is 1. The monoisotopic (exact) mass is 432 g/mol. The summed E-state index contributed by atoms with van der Waals surface area (Å²) in [4.78, 5) is 16.5. The zero-order valence-electron chi connectivity index (χ0n) is 19.6. The Hall–Kier alpha value is -3.00. The highest BCUT2D eigenvalue weighted by atomic mass is 15.3. The second-order valence-electron chi connectivity index (χ2n) is 9.77. The smallest absolute Gasteiger partial charge is 0.228 e. The van der Waals surface area contributed by atoms with Crippen LogP contribution in [0.25, 0.3) is 11.4 Å². The van der Waals surface area contributed by atoms with E-state index >= 15 is 0 Å². The van der Waals surface area contributed by atoms with E-state index in [1.807, 2.05) is 30.2 Å². The van der Waals surface area contributed by atoms with Gasteiger partial charge in [-0.25, -0.2) is 15.0 Å². The fourth-order valence-corrected chi connectivity index (χ4v) is 5.01. The number of piperazine rings is 1. The summed E-state index contributed by atoms with van der Waals surface area (Å²) in [6.07, 6.45) is 4.81. The Morgan fingerprint density at radius 1 is 1.06 bits per heavy atom. The van der Waals surface area contributed by atoms with Crippen molar-refractivity contribution in [2.75, 3.05) is 36.4 Å². The van der Waals surface area contributed by atoms with Crippen molar-refractivity contribution in [1.29, 1.82) is 0 Å². The lowest BCUT2D eigenvalue weighted by molar-refractivity contribution is 0.508. The molecule has 4 heterocycles. The summed E-state index contributed by atoms with van der Waals surface area (Å²) < 4.78 is 2.02. The van der Waals surface area contributed by atoms with Gasteiger partial charge in [-0.2, -0.15) is 5.10 Å². The van der Waals surface area contributed by atoms with Crippen LogP contribution in [0.3, 0.4) is 0 Å². The number of hydrogen-bond donors (Lipinski definition) is 2. The van der Waals surface area contributed by atoms with Crippen LogP contribution in [0.2, 0.25) is 0 Å². The molecule has 168 valence electrons. The van der Waals surface area contributed by atoms with Crippen LogP contribution < -0.4 is 15.5 Å². The van der Waals surface area contributed by atoms with Gasteiger partial charge >= 0.3 is 0 Å². The van der Waals surface area contributed by atoms with Crippen molar-refractivity contribution in [3.05, 3.63) is 41.3 Å². The molecular weight excluding hydrogens is 400 g/mol. The number of aromatic nitrogens is 5. The molecule has 0 bridgehead atoms. The topological polar surface area (TPSA) is 83.8 Å². The van der Waals surface area contributed by atoms with Gasteiger partial charge in [-0.05, 0) is 29.9 Å². The Labute approximate surface area is 189 Å². The zero-order chi connectivity index (χ0) is 22.5. The van der Waals surface area contributed by atoms with E-state index in [4.69, 9.17) is 10.1 Å². The highest BCUT2D eigenvalue weighted by Gasteiger charge is 2.37. The SMILES string of the molecule is CC(C)c1c2c(nn1C)-c1nc(Nc3ccc(N4CCNCC4)cn3)ncc1C(C)(C)C2. The number of aryl methyl sites for hydroxylation is 1. The number of anilines is 3. The highest BCUT2D eigenvalue weighted by Crippen LogP contribution is 2.44. The first-order valence-corrected chi connectivity index (χ1v) is 11.5. The molecule has 0 spiro atoms. The van der Waals surface area contributed by atoms with Crippen LogP contribution in [0, 0.1) is 0 Å². The van der Waals surface area contributed by atoms with Gasteiger partial charge < -0.3 is 15.5 Å². The molecule has 0 aromatic carbocycles. The van der Waals surface area contributed by atoms with Crippen LogP contribution in [-0.2, 0) is 18.9 Å². The van der Waals surface area contributed by atoms with Gasteiger partial charge in [0.25, 0.3) is 0 Å². The number of hydrogen-bond acceptors (Lipinski definition) is 7. The Morgan fingerprint density at radius 3 is 2.53 bits per heavy atom. The van der Waals surface area contributed by atoms with Crippen LogP contribution in [0.15, 0.2) is 24.5 Å². The molecule has 8 heteroatoms. The predicted molar refractivity (Wildman–Crippen MR) is 128 cm³/mol. The Morgan fingerprint density at radius 2 is 1.84 bits per heavy atom. The van der Waals surface area contributed by atoms with Crippen molar-refractivity contribution in [3.8, 4) is 11.4 Å². The molecule has 1 fully saturated rings. The van der Waals surface area contributed by atoms with Crippen molar-refractivity contribution in [2.45, 2.75) is 45.4 Å². The van der Waals surface area contributed by atoms with Gasteiger partial charge in [-0.15, -0.1) is 0 Å². The third-order valence-electron chi connectivity index (χ3n) is 6.57. The van der Waals surface area contributed by atoms with Gasteiger partial charge in [-0.1, -0.05) is 27.7 Å². The first-order chi connectivity index (χ1) is 15.3. The molecule has 1 aliphatic carbocycles. The van der Waals surface area contributed by atoms with E-state index in [2.05, 4.69) is 59.3 Å². The number of nitrogens with zero attached hydrogens (tertiary/aromatic N) is 6. The first kappa shape index (κ1) is 20.9. The van der Waals surface area contributed by atoms with Crippen LogP contribution in [0.4, 0.5) is 17.5 Å². The van der Waals surface area contributed by atoms with Gasteiger partial charge in [0.2, 0.25) is 5.95 Å². The molecule has 0 amide bonds. The molecule has 0 atom stereocenters. The van der Waals surface area contributed by atoms with Crippen LogP contribution in [-0.4, -0.2) is 50.9 Å².